The summed E-state index contributed by atoms with van der Waals surface area (Å²) in [7, 11) is 4.07. The van der Waals surface area contributed by atoms with Crippen LogP contribution >= 0.6 is 22.7 Å². The van der Waals surface area contributed by atoms with E-state index in [1.807, 2.05) is 14.1 Å². The topological polar surface area (TPSA) is 41.1 Å². The predicted molar refractivity (Wildman–Crippen MR) is 90.3 cm³/mol. The zero-order valence-electron chi connectivity index (χ0n) is 12.7. The quantitative estimate of drug-likeness (QED) is 0.872. The van der Waals surface area contributed by atoms with Crippen LogP contribution in [0.15, 0.2) is 5.38 Å². The second-order valence-corrected chi connectivity index (χ2v) is 7.09. The fourth-order valence-electron chi connectivity index (χ4n) is 1.83. The molecule has 0 amide bonds. The summed E-state index contributed by atoms with van der Waals surface area (Å²) in [6.07, 6.45) is 2.11. The van der Waals surface area contributed by atoms with Crippen LogP contribution in [-0.4, -0.2) is 30.1 Å². The van der Waals surface area contributed by atoms with E-state index >= 15 is 0 Å². The van der Waals surface area contributed by atoms with Crippen LogP contribution in [0, 0.1) is 0 Å². The molecule has 110 valence electrons. The predicted octanol–water partition coefficient (Wildman–Crippen LogP) is 4.11. The maximum atomic E-state index is 4.73. The summed E-state index contributed by atoms with van der Waals surface area (Å²) in [5, 5.41) is 7.51. The van der Waals surface area contributed by atoms with E-state index in [2.05, 4.69) is 36.4 Å². The number of aromatic nitrogens is 2. The van der Waals surface area contributed by atoms with E-state index in [0.29, 0.717) is 6.04 Å². The molecule has 0 unspecified atom stereocenters. The molecule has 1 N–H and O–H groups in total. The van der Waals surface area contributed by atoms with Gasteiger partial charge < -0.3 is 10.2 Å². The Morgan fingerprint density at radius 1 is 1.30 bits per heavy atom. The first kappa shape index (κ1) is 15.3. The number of anilines is 2. The molecular weight excluding hydrogens is 288 g/mol. The molecule has 0 aliphatic carbocycles. The van der Waals surface area contributed by atoms with Crippen LogP contribution in [0.3, 0.4) is 0 Å². The van der Waals surface area contributed by atoms with Gasteiger partial charge in [-0.15, -0.1) is 11.3 Å². The second kappa shape index (κ2) is 6.54. The van der Waals surface area contributed by atoms with Crippen molar-refractivity contribution in [1.29, 1.82) is 0 Å². The maximum absolute atomic E-state index is 4.73. The van der Waals surface area contributed by atoms with Gasteiger partial charge in [0, 0.05) is 25.5 Å². The molecule has 0 radical (unpaired) electrons. The molecule has 0 saturated heterocycles. The van der Waals surface area contributed by atoms with Crippen molar-refractivity contribution in [3.05, 3.63) is 11.1 Å². The van der Waals surface area contributed by atoms with Gasteiger partial charge in [0.05, 0.1) is 16.3 Å². The van der Waals surface area contributed by atoms with Gasteiger partial charge in [0.1, 0.15) is 0 Å². The van der Waals surface area contributed by atoms with Gasteiger partial charge in [0.15, 0.2) is 10.3 Å². The number of nitrogens with zero attached hydrogens (tertiary/aromatic N) is 3. The van der Waals surface area contributed by atoms with E-state index < -0.39 is 0 Å². The van der Waals surface area contributed by atoms with E-state index in [1.165, 1.54) is 10.6 Å². The fraction of sp³-hybridized carbons (Fsp3) is 0.571. The van der Waals surface area contributed by atoms with Crippen LogP contribution in [0.1, 0.15) is 32.9 Å². The summed E-state index contributed by atoms with van der Waals surface area (Å²) in [6.45, 7) is 6.44. The third-order valence-electron chi connectivity index (χ3n) is 2.70. The highest BCUT2D eigenvalue weighted by Crippen LogP contribution is 2.36. The van der Waals surface area contributed by atoms with Crippen LogP contribution in [0.5, 0.6) is 0 Å². The third kappa shape index (κ3) is 3.49. The normalized spacial score (nSPS) is 11.1. The Bertz CT molecular complexity index is 557. The zero-order chi connectivity index (χ0) is 14.7. The highest BCUT2D eigenvalue weighted by atomic mass is 32.1. The van der Waals surface area contributed by atoms with E-state index in [1.54, 1.807) is 22.7 Å². The zero-order valence-corrected chi connectivity index (χ0v) is 14.4. The lowest BCUT2D eigenvalue weighted by molar-refractivity contribution is 0.888. The molecule has 0 aliphatic heterocycles. The number of nitrogens with one attached hydrogen (secondary N) is 1. The smallest absolute Gasteiger partial charge is 0.185 e. The van der Waals surface area contributed by atoms with Crippen LogP contribution in [-0.2, 0) is 6.42 Å². The van der Waals surface area contributed by atoms with E-state index in [0.717, 1.165) is 28.8 Å². The fourth-order valence-corrected chi connectivity index (χ4v) is 3.75. The highest BCUT2D eigenvalue weighted by Gasteiger charge is 2.16. The number of aryl methyl sites for hydroxylation is 1. The first-order chi connectivity index (χ1) is 9.51. The van der Waals surface area contributed by atoms with Gasteiger partial charge in [-0.25, -0.2) is 9.97 Å². The Kier molecular flexibility index (Phi) is 4.99. The molecule has 0 atom stereocenters. The molecule has 2 heterocycles. The molecule has 2 rings (SSSR count). The second-order valence-electron chi connectivity index (χ2n) is 5.25. The Labute approximate surface area is 128 Å². The van der Waals surface area contributed by atoms with Crippen LogP contribution < -0.4 is 10.2 Å². The van der Waals surface area contributed by atoms with Crippen molar-refractivity contribution < 1.29 is 0 Å². The summed E-state index contributed by atoms with van der Waals surface area (Å²) >= 11 is 3.38. The van der Waals surface area contributed by atoms with Gasteiger partial charge in [-0.3, -0.25) is 0 Å². The third-order valence-corrected chi connectivity index (χ3v) is 4.77. The molecule has 0 bridgehead atoms. The van der Waals surface area contributed by atoms with Crippen LogP contribution in [0.2, 0.25) is 0 Å². The van der Waals surface area contributed by atoms with Crippen molar-refractivity contribution in [2.75, 3.05) is 24.3 Å². The maximum Gasteiger partial charge on any atom is 0.185 e. The molecule has 4 nitrogen and oxygen atoms in total. The molecule has 0 aromatic carbocycles. The average Bonchev–Trinajstić information content (AvgIpc) is 2.95. The minimum Gasteiger partial charge on any atom is -0.359 e. The van der Waals surface area contributed by atoms with Crippen molar-refractivity contribution in [1.82, 2.24) is 9.97 Å². The average molecular weight is 310 g/mol. The van der Waals surface area contributed by atoms with Gasteiger partial charge in [-0.05, 0) is 20.3 Å². The van der Waals surface area contributed by atoms with E-state index in [-0.39, 0.29) is 0 Å². The summed E-state index contributed by atoms with van der Waals surface area (Å²) in [4.78, 5) is 12.7. The Morgan fingerprint density at radius 2 is 2.05 bits per heavy atom. The molecule has 2 aromatic rings. The van der Waals surface area contributed by atoms with E-state index in [9.17, 15) is 0 Å². The monoisotopic (exact) mass is 310 g/mol. The van der Waals surface area contributed by atoms with Gasteiger partial charge in [-0.1, -0.05) is 24.7 Å². The minimum absolute atomic E-state index is 0.405. The van der Waals surface area contributed by atoms with Gasteiger partial charge in [-0.2, -0.15) is 0 Å². The molecule has 2 aromatic heterocycles. The number of thiazole rings is 2. The van der Waals surface area contributed by atoms with Crippen molar-refractivity contribution in [3.63, 3.8) is 0 Å². The van der Waals surface area contributed by atoms with E-state index in [4.69, 9.17) is 9.97 Å². The molecule has 20 heavy (non-hydrogen) atoms. The highest BCUT2D eigenvalue weighted by molar-refractivity contribution is 7.19. The summed E-state index contributed by atoms with van der Waals surface area (Å²) < 4.78 is 0. The molecule has 0 fully saturated rings. The number of hydrogen-bond donors (Lipinski definition) is 1. The first-order valence-corrected chi connectivity index (χ1v) is 8.60. The largest absolute Gasteiger partial charge is 0.359 e. The lowest BCUT2D eigenvalue weighted by atomic mass is 10.2. The van der Waals surface area contributed by atoms with Crippen molar-refractivity contribution in [2.24, 2.45) is 0 Å². The SMILES string of the molecule is CCCc1nc(N(C)C)sc1-c1csc(NC(C)C)n1. The minimum atomic E-state index is 0.405. The summed E-state index contributed by atoms with van der Waals surface area (Å²) in [5.41, 5.74) is 2.22. The van der Waals surface area contributed by atoms with Crippen molar-refractivity contribution >= 4 is 32.9 Å². The summed E-state index contributed by atoms with van der Waals surface area (Å²) in [5.74, 6) is 0. The summed E-state index contributed by atoms with van der Waals surface area (Å²) in [6, 6.07) is 0.405. The molecular formula is C14H22N4S2. The Balaban J connectivity index is 2.32. The van der Waals surface area contributed by atoms with Crippen LogP contribution in [0.25, 0.3) is 10.6 Å². The first-order valence-electron chi connectivity index (χ1n) is 6.90. The molecule has 6 heteroatoms. The van der Waals surface area contributed by atoms with Crippen molar-refractivity contribution in [2.45, 2.75) is 39.7 Å². The van der Waals surface area contributed by atoms with Gasteiger partial charge >= 0.3 is 0 Å². The lowest BCUT2D eigenvalue weighted by Crippen LogP contribution is -2.08. The van der Waals surface area contributed by atoms with Crippen LogP contribution in [0.4, 0.5) is 10.3 Å². The number of hydrogen-bond acceptors (Lipinski definition) is 6. The Hall–Kier alpha value is -1.14. The standard InChI is InChI=1S/C14H22N4S2/c1-6-7-10-12(20-14(17-10)18(4)5)11-8-19-13(16-11)15-9(2)3/h8-9H,6-7H2,1-5H3,(H,15,16). The Morgan fingerprint density at radius 3 is 2.65 bits per heavy atom. The number of rotatable bonds is 6. The van der Waals surface area contributed by atoms with Gasteiger partial charge in [0.25, 0.3) is 0 Å². The van der Waals surface area contributed by atoms with Crippen molar-refractivity contribution in [3.8, 4) is 10.6 Å². The lowest BCUT2D eigenvalue weighted by Gasteiger charge is -2.05. The molecule has 0 aliphatic rings. The molecule has 0 spiro atoms. The molecule has 0 saturated carbocycles. The van der Waals surface area contributed by atoms with Gasteiger partial charge in [0.2, 0.25) is 0 Å².